The summed E-state index contributed by atoms with van der Waals surface area (Å²) in [6.45, 7) is 2.24. The first kappa shape index (κ1) is 47.8. The van der Waals surface area contributed by atoms with Gasteiger partial charge >= 0.3 is 8.24 Å². The highest BCUT2D eigenvalue weighted by Crippen LogP contribution is 2.53. The normalized spacial score (nSPS) is 12.2. The van der Waals surface area contributed by atoms with Crippen LogP contribution < -0.4 is 28.8 Å². The Morgan fingerprint density at radius 1 is 0.442 bits per heavy atom. The monoisotopic (exact) mass is 1030 g/mol. The molecule has 380 valence electrons. The molecule has 0 spiro atoms. The fourth-order valence-corrected chi connectivity index (χ4v) is 12.8. The molecule has 1 N–H and O–H groups in total. The number of para-hydroxylation sites is 2. The van der Waals surface area contributed by atoms with Gasteiger partial charge in [-0.05, 0) is 116 Å². The second kappa shape index (κ2) is 19.7. The minimum Gasteiger partial charge on any atom is -0.496 e. The Bertz CT molecular complexity index is 4340. The van der Waals surface area contributed by atoms with E-state index in [2.05, 4.69) is 134 Å². The topological polar surface area (TPSA) is 102 Å². The van der Waals surface area contributed by atoms with E-state index in [4.69, 9.17) is 31.9 Å². The predicted molar refractivity (Wildman–Crippen MR) is 317 cm³/mol. The first-order chi connectivity index (χ1) is 37.8. The van der Waals surface area contributed by atoms with Crippen molar-refractivity contribution in [3.8, 4) is 28.7 Å². The molecule has 0 fully saturated rings. The number of fused-ring (bicyclic) bond motifs is 19. The lowest BCUT2D eigenvalue weighted by Gasteiger charge is -2.17. The van der Waals surface area contributed by atoms with Crippen LogP contribution in [0.5, 0.6) is 28.7 Å². The smallest absolute Gasteiger partial charge is 0.453 e. The maximum Gasteiger partial charge on any atom is 0.453 e. The van der Waals surface area contributed by atoms with E-state index in [0.29, 0.717) is 68.7 Å². The van der Waals surface area contributed by atoms with E-state index >= 15 is 0 Å². The van der Waals surface area contributed by atoms with Crippen molar-refractivity contribution in [2.75, 3.05) is 33.8 Å². The number of rotatable bonds is 13. The summed E-state index contributed by atoms with van der Waals surface area (Å²) in [5.41, 5.74) is 2.87. The molecule has 0 aliphatic carbocycles. The number of benzene rings is 12. The number of nitrogens with one attached hydrogen (secondary N) is 1. The fraction of sp³-hybridized carbons (Fsp3) is 0.149. The van der Waals surface area contributed by atoms with Gasteiger partial charge in [-0.2, -0.15) is 0 Å². The van der Waals surface area contributed by atoms with E-state index in [9.17, 15) is 4.79 Å². The van der Waals surface area contributed by atoms with E-state index in [-0.39, 0.29) is 5.91 Å². The van der Waals surface area contributed by atoms with Gasteiger partial charge in [0.15, 0.2) is 16.9 Å². The number of anilines is 1. The van der Waals surface area contributed by atoms with Gasteiger partial charge < -0.3 is 37.2 Å². The summed E-state index contributed by atoms with van der Waals surface area (Å²) in [6, 6.07) is 60.1. The third-order valence-corrected chi connectivity index (χ3v) is 16.5. The number of ether oxygens (including phenoxy) is 4. The van der Waals surface area contributed by atoms with Crippen LogP contribution in [0.4, 0.5) is 5.69 Å². The molecule has 0 bridgehead atoms. The van der Waals surface area contributed by atoms with E-state index in [1.54, 1.807) is 28.4 Å². The highest BCUT2D eigenvalue weighted by Gasteiger charge is 2.26. The molecule has 0 radical (unpaired) electrons. The number of unbranched alkanes of at least 4 members (excludes halogenated alkanes) is 1. The molecular formula is C67H54NO8P. The van der Waals surface area contributed by atoms with Gasteiger partial charge in [-0.15, -0.1) is 0 Å². The summed E-state index contributed by atoms with van der Waals surface area (Å²) in [5.74, 6) is 3.29. The van der Waals surface area contributed by atoms with Crippen molar-refractivity contribution in [3.05, 3.63) is 181 Å². The van der Waals surface area contributed by atoms with Crippen LogP contribution in [0.2, 0.25) is 0 Å². The Hall–Kier alpha value is -8.91. The van der Waals surface area contributed by atoms with Gasteiger partial charge in [-0.3, -0.25) is 4.79 Å². The van der Waals surface area contributed by atoms with Crippen molar-refractivity contribution in [1.29, 1.82) is 0 Å². The minimum atomic E-state index is -2.39. The molecule has 10 heteroatoms. The Labute approximate surface area is 445 Å². The fourth-order valence-electron chi connectivity index (χ4n) is 11.7. The minimum absolute atomic E-state index is 0.102. The predicted octanol–water partition coefficient (Wildman–Crippen LogP) is 18.7. The van der Waals surface area contributed by atoms with Crippen molar-refractivity contribution in [1.82, 2.24) is 0 Å². The van der Waals surface area contributed by atoms with Crippen LogP contribution in [0, 0.1) is 0 Å². The summed E-state index contributed by atoms with van der Waals surface area (Å²) < 4.78 is 47.4. The molecule has 13 rings (SSSR count). The average Bonchev–Trinajstić information content (AvgIpc) is 3.77. The van der Waals surface area contributed by atoms with Crippen LogP contribution in [0.25, 0.3) is 108 Å². The molecule has 1 atom stereocenters. The van der Waals surface area contributed by atoms with Gasteiger partial charge in [0.25, 0.3) is 0 Å². The molecule has 12 aromatic carbocycles. The number of amides is 1. The Balaban J connectivity index is 1.12. The summed E-state index contributed by atoms with van der Waals surface area (Å²) in [6.07, 6.45) is 3.01. The van der Waals surface area contributed by atoms with Crippen LogP contribution in [0.15, 0.2) is 184 Å². The van der Waals surface area contributed by atoms with Gasteiger partial charge in [-0.1, -0.05) is 141 Å². The van der Waals surface area contributed by atoms with Crippen LogP contribution in [0.3, 0.4) is 0 Å². The first-order valence-corrected chi connectivity index (χ1v) is 27.1. The average molecular weight is 1030 g/mol. The zero-order valence-corrected chi connectivity index (χ0v) is 44.3. The summed E-state index contributed by atoms with van der Waals surface area (Å²) in [7, 11) is 4.39. The molecule has 0 saturated heterocycles. The molecule has 77 heavy (non-hydrogen) atoms. The van der Waals surface area contributed by atoms with Gasteiger partial charge in [0.1, 0.15) is 23.0 Å². The second-order valence-electron chi connectivity index (χ2n) is 19.8. The molecule has 1 aromatic heterocycles. The van der Waals surface area contributed by atoms with Gasteiger partial charge in [0, 0.05) is 60.3 Å². The lowest BCUT2D eigenvalue weighted by atomic mass is 9.90. The standard InChI is InChI=1S/C67H54NO8P/c1-39(40-18-7-6-8-19-40)17-9-16-26-59(69)68-53-24-14-15-25-54(53)74-77-75-66-49(35-57(72-4)51-37-55(70-2)47-33-31-43-29-27-41-20-10-12-22-45(41)60(43)62(47)64(51)66)50-36-58(73-5)52-38-56(71-3)48-34-32-44-30-28-42-21-11-13-23-46(42)61(44)63(48)65(52)67(50)76-77/h6-8,10-15,18-25,27-39H,9,16-17,26H2,1-5H3,(H,68,69)/t39-/m1/s1. The highest BCUT2D eigenvalue weighted by molar-refractivity contribution is 7.32. The molecule has 0 aliphatic heterocycles. The van der Waals surface area contributed by atoms with Crippen LogP contribution in [-0.2, 0) is 4.79 Å². The van der Waals surface area contributed by atoms with Crippen molar-refractivity contribution in [2.24, 2.45) is 0 Å². The number of carbonyl (C=O) groups excluding carboxylic acids is 1. The molecule has 0 aliphatic rings. The van der Waals surface area contributed by atoms with E-state index < -0.39 is 8.24 Å². The number of hydrogen-bond donors (Lipinski definition) is 1. The Morgan fingerprint density at radius 2 is 0.896 bits per heavy atom. The SMILES string of the molecule is COc1cc2c3cc(OC)c4cc(OC)c5ccc6ccc7ccccc7c6c5c4c3op(Oc3ccccc3NC(=O)CCCC[C@@H](C)c3ccccc3)oc2c2c1cc(OC)c1ccc3ccc4ccccc4c3c12. The summed E-state index contributed by atoms with van der Waals surface area (Å²) in [4.78, 5) is 13.9. The number of hydrogen-bond acceptors (Lipinski definition) is 8. The summed E-state index contributed by atoms with van der Waals surface area (Å²) in [5, 5.41) is 19.9. The third kappa shape index (κ3) is 8.12. The number of methoxy groups -OCH3 is 4. The zero-order chi connectivity index (χ0) is 52.3. The number of carbonyl (C=O) groups is 1. The van der Waals surface area contributed by atoms with Crippen molar-refractivity contribution >= 4 is 128 Å². The van der Waals surface area contributed by atoms with Crippen molar-refractivity contribution in [3.63, 3.8) is 0 Å². The molecule has 1 heterocycles. The quantitative estimate of drug-likeness (QED) is 0.0900. The molecule has 0 unspecified atom stereocenters. The van der Waals surface area contributed by atoms with Gasteiger partial charge in [0.05, 0.1) is 34.1 Å². The van der Waals surface area contributed by atoms with Gasteiger partial charge in [0.2, 0.25) is 5.91 Å². The maximum atomic E-state index is 13.9. The third-order valence-electron chi connectivity index (χ3n) is 15.5. The molecule has 13 aromatic rings. The van der Waals surface area contributed by atoms with E-state index in [1.165, 1.54) is 5.56 Å². The lowest BCUT2D eigenvalue weighted by molar-refractivity contribution is -0.116. The first-order valence-electron chi connectivity index (χ1n) is 26.0. The molecular weight excluding hydrogens is 978 g/mol. The van der Waals surface area contributed by atoms with Crippen molar-refractivity contribution in [2.45, 2.75) is 38.5 Å². The van der Waals surface area contributed by atoms with E-state index in [0.717, 1.165) is 105 Å². The van der Waals surface area contributed by atoms with Crippen LogP contribution >= 0.6 is 8.24 Å². The summed E-state index contributed by atoms with van der Waals surface area (Å²) >= 11 is 0. The molecule has 0 saturated carbocycles. The maximum absolute atomic E-state index is 13.9. The Morgan fingerprint density at radius 3 is 1.44 bits per heavy atom. The van der Waals surface area contributed by atoms with E-state index in [1.807, 2.05) is 54.6 Å². The molecule has 1 amide bonds. The van der Waals surface area contributed by atoms with Crippen molar-refractivity contribution < 1.29 is 36.7 Å². The Kier molecular flexibility index (Phi) is 12.2. The van der Waals surface area contributed by atoms with Gasteiger partial charge in [-0.25, -0.2) is 0 Å². The highest BCUT2D eigenvalue weighted by atomic mass is 31.1. The zero-order valence-electron chi connectivity index (χ0n) is 43.4. The van der Waals surface area contributed by atoms with Crippen LogP contribution in [0.1, 0.15) is 44.1 Å². The lowest BCUT2D eigenvalue weighted by Crippen LogP contribution is -2.11. The largest absolute Gasteiger partial charge is 0.496 e. The molecule has 9 nitrogen and oxygen atoms in total. The second-order valence-corrected chi connectivity index (χ2v) is 20.8. The van der Waals surface area contributed by atoms with Crippen LogP contribution in [-0.4, -0.2) is 34.3 Å².